The highest BCUT2D eigenvalue weighted by Gasteiger charge is 2.16. The molecule has 0 saturated heterocycles. The van der Waals surface area contributed by atoms with Gasteiger partial charge in [-0.3, -0.25) is 4.79 Å². The number of fused-ring (bicyclic) bond motifs is 1. The number of para-hydroxylation sites is 1. The summed E-state index contributed by atoms with van der Waals surface area (Å²) >= 11 is 12.6. The van der Waals surface area contributed by atoms with Gasteiger partial charge in [-0.25, -0.2) is 0 Å². The number of nitrogens with zero attached hydrogens (tertiary/aromatic N) is 3. The SMILES string of the molecule is Cn1c(=O)c(-c2c(Cl)cccc2Cl)cc2nnc(Nc3ccccc3)cc21. The molecule has 0 aliphatic carbocycles. The van der Waals surface area contributed by atoms with Crippen LogP contribution in [0.15, 0.2) is 65.5 Å². The Morgan fingerprint density at radius 3 is 2.33 bits per heavy atom. The monoisotopic (exact) mass is 396 g/mol. The summed E-state index contributed by atoms with van der Waals surface area (Å²) < 4.78 is 1.52. The van der Waals surface area contributed by atoms with Crippen LogP contribution in [0.1, 0.15) is 0 Å². The molecule has 7 heteroatoms. The van der Waals surface area contributed by atoms with Crippen LogP contribution >= 0.6 is 23.2 Å². The van der Waals surface area contributed by atoms with Crippen molar-refractivity contribution in [2.75, 3.05) is 5.32 Å². The van der Waals surface area contributed by atoms with Crippen molar-refractivity contribution in [1.29, 1.82) is 0 Å². The number of nitrogens with one attached hydrogen (secondary N) is 1. The molecular weight excluding hydrogens is 383 g/mol. The summed E-state index contributed by atoms with van der Waals surface area (Å²) in [6, 6.07) is 18.2. The first-order valence-electron chi connectivity index (χ1n) is 8.18. The molecule has 0 radical (unpaired) electrons. The molecule has 0 atom stereocenters. The summed E-state index contributed by atoms with van der Waals surface area (Å²) in [7, 11) is 1.69. The van der Waals surface area contributed by atoms with E-state index in [1.54, 1.807) is 37.4 Å². The molecule has 27 heavy (non-hydrogen) atoms. The Labute approximate surface area is 165 Å². The Balaban J connectivity index is 1.86. The zero-order valence-corrected chi connectivity index (χ0v) is 15.8. The van der Waals surface area contributed by atoms with E-state index in [9.17, 15) is 4.79 Å². The minimum absolute atomic E-state index is 0.212. The minimum Gasteiger partial charge on any atom is -0.339 e. The van der Waals surface area contributed by atoms with Crippen molar-refractivity contribution >= 4 is 45.7 Å². The minimum atomic E-state index is -0.212. The zero-order chi connectivity index (χ0) is 19.0. The van der Waals surface area contributed by atoms with Gasteiger partial charge in [-0.2, -0.15) is 0 Å². The molecule has 5 nitrogen and oxygen atoms in total. The normalized spacial score (nSPS) is 10.9. The van der Waals surface area contributed by atoms with Gasteiger partial charge in [-0.05, 0) is 30.3 Å². The first-order valence-corrected chi connectivity index (χ1v) is 8.94. The molecule has 1 N–H and O–H groups in total. The van der Waals surface area contributed by atoms with Crippen LogP contribution in [0.3, 0.4) is 0 Å². The van der Waals surface area contributed by atoms with Gasteiger partial charge in [0.15, 0.2) is 5.82 Å². The molecule has 0 amide bonds. The summed E-state index contributed by atoms with van der Waals surface area (Å²) in [5, 5.41) is 12.5. The maximum absolute atomic E-state index is 12.9. The van der Waals surface area contributed by atoms with E-state index in [-0.39, 0.29) is 5.56 Å². The third-order valence-electron chi connectivity index (χ3n) is 4.26. The lowest BCUT2D eigenvalue weighted by Gasteiger charge is -2.12. The fraction of sp³-hybridized carbons (Fsp3) is 0.0500. The highest BCUT2D eigenvalue weighted by atomic mass is 35.5. The molecule has 0 spiro atoms. The fourth-order valence-electron chi connectivity index (χ4n) is 2.92. The van der Waals surface area contributed by atoms with Gasteiger partial charge in [0.05, 0.1) is 21.1 Å². The second-order valence-corrected chi connectivity index (χ2v) is 6.82. The van der Waals surface area contributed by atoms with E-state index in [2.05, 4.69) is 15.5 Å². The van der Waals surface area contributed by atoms with Gasteiger partial charge < -0.3 is 9.88 Å². The third-order valence-corrected chi connectivity index (χ3v) is 4.89. The summed E-state index contributed by atoms with van der Waals surface area (Å²) in [4.78, 5) is 12.9. The first kappa shape index (κ1) is 17.5. The molecule has 0 aliphatic rings. The van der Waals surface area contributed by atoms with E-state index in [1.807, 2.05) is 30.3 Å². The van der Waals surface area contributed by atoms with E-state index < -0.39 is 0 Å². The van der Waals surface area contributed by atoms with Crippen molar-refractivity contribution in [3.8, 4) is 11.1 Å². The number of anilines is 2. The Bertz CT molecular complexity index is 1190. The number of hydrogen-bond donors (Lipinski definition) is 1. The second-order valence-electron chi connectivity index (χ2n) is 6.01. The average molecular weight is 397 g/mol. The number of pyridine rings is 1. The number of rotatable bonds is 3. The van der Waals surface area contributed by atoms with Crippen LogP contribution in [0.2, 0.25) is 10.0 Å². The van der Waals surface area contributed by atoms with Gasteiger partial charge in [0, 0.05) is 24.4 Å². The van der Waals surface area contributed by atoms with Crippen molar-refractivity contribution in [1.82, 2.24) is 14.8 Å². The Kier molecular flexibility index (Phi) is 4.56. The quantitative estimate of drug-likeness (QED) is 0.526. The maximum atomic E-state index is 12.9. The predicted molar refractivity (Wildman–Crippen MR) is 110 cm³/mol. The molecule has 0 fully saturated rings. The smallest absolute Gasteiger partial charge is 0.258 e. The number of aryl methyl sites for hydroxylation is 1. The molecule has 0 bridgehead atoms. The number of halogens is 2. The van der Waals surface area contributed by atoms with Crippen LogP contribution in [-0.2, 0) is 7.05 Å². The van der Waals surface area contributed by atoms with Crippen molar-refractivity contribution in [2.24, 2.45) is 7.05 Å². The molecule has 4 rings (SSSR count). The molecule has 0 aliphatic heterocycles. The van der Waals surface area contributed by atoms with E-state index in [0.717, 1.165) is 5.69 Å². The number of aromatic nitrogens is 3. The van der Waals surface area contributed by atoms with Gasteiger partial charge in [0.1, 0.15) is 5.52 Å². The average Bonchev–Trinajstić information content (AvgIpc) is 2.67. The van der Waals surface area contributed by atoms with Crippen molar-refractivity contribution < 1.29 is 0 Å². The highest BCUT2D eigenvalue weighted by molar-refractivity contribution is 6.39. The van der Waals surface area contributed by atoms with Crippen LogP contribution in [-0.4, -0.2) is 14.8 Å². The molecule has 134 valence electrons. The largest absolute Gasteiger partial charge is 0.339 e. The summed E-state index contributed by atoms with van der Waals surface area (Å²) in [6.07, 6.45) is 0. The second kappa shape index (κ2) is 7.02. The lowest BCUT2D eigenvalue weighted by atomic mass is 10.1. The molecule has 4 aromatic rings. The van der Waals surface area contributed by atoms with Crippen LogP contribution < -0.4 is 10.9 Å². The Hall–Kier alpha value is -2.89. The van der Waals surface area contributed by atoms with Gasteiger partial charge in [0.25, 0.3) is 5.56 Å². The fourth-order valence-corrected chi connectivity index (χ4v) is 3.52. The molecular formula is C20H14Cl2N4O. The van der Waals surface area contributed by atoms with Crippen molar-refractivity contribution in [2.45, 2.75) is 0 Å². The maximum Gasteiger partial charge on any atom is 0.258 e. The Morgan fingerprint density at radius 1 is 0.926 bits per heavy atom. The molecule has 2 aromatic carbocycles. The Morgan fingerprint density at radius 2 is 1.63 bits per heavy atom. The van der Waals surface area contributed by atoms with Crippen LogP contribution in [0.4, 0.5) is 11.5 Å². The van der Waals surface area contributed by atoms with Crippen molar-refractivity contribution in [3.05, 3.63) is 81.1 Å². The van der Waals surface area contributed by atoms with Gasteiger partial charge in [-0.15, -0.1) is 10.2 Å². The molecule has 0 saturated carbocycles. The summed E-state index contributed by atoms with van der Waals surface area (Å²) in [5.41, 5.74) is 2.78. The van der Waals surface area contributed by atoms with Crippen LogP contribution in [0, 0.1) is 0 Å². The number of benzene rings is 2. The van der Waals surface area contributed by atoms with Crippen molar-refractivity contribution in [3.63, 3.8) is 0 Å². The van der Waals surface area contributed by atoms with Gasteiger partial charge >= 0.3 is 0 Å². The molecule has 0 unspecified atom stereocenters. The third kappa shape index (κ3) is 3.27. The topological polar surface area (TPSA) is 59.8 Å². The van der Waals surface area contributed by atoms with Crippen LogP contribution in [0.25, 0.3) is 22.2 Å². The molecule has 2 heterocycles. The van der Waals surface area contributed by atoms with E-state index in [1.165, 1.54) is 4.57 Å². The van der Waals surface area contributed by atoms with E-state index in [0.29, 0.717) is 38.0 Å². The lowest BCUT2D eigenvalue weighted by molar-refractivity contribution is 0.899. The van der Waals surface area contributed by atoms with E-state index >= 15 is 0 Å². The highest BCUT2D eigenvalue weighted by Crippen LogP contribution is 2.33. The summed E-state index contributed by atoms with van der Waals surface area (Å²) in [5.74, 6) is 0.548. The van der Waals surface area contributed by atoms with Gasteiger partial charge in [-0.1, -0.05) is 47.5 Å². The predicted octanol–water partition coefficient (Wildman–Crippen LogP) is 5.05. The van der Waals surface area contributed by atoms with Crippen LogP contribution in [0.5, 0.6) is 0 Å². The standard InChI is InChI=1S/C20H14Cl2N4O/c1-26-17-11-18(23-12-6-3-2-4-7-12)25-24-16(17)10-13(20(26)27)19-14(21)8-5-9-15(19)22/h2-11H,1H3,(H,23,25). The summed E-state index contributed by atoms with van der Waals surface area (Å²) in [6.45, 7) is 0. The lowest BCUT2D eigenvalue weighted by Crippen LogP contribution is -2.20. The number of hydrogen-bond acceptors (Lipinski definition) is 4. The molecule has 2 aromatic heterocycles. The zero-order valence-electron chi connectivity index (χ0n) is 14.3. The van der Waals surface area contributed by atoms with Gasteiger partial charge in [0.2, 0.25) is 0 Å². The first-order chi connectivity index (χ1) is 13.0. The van der Waals surface area contributed by atoms with E-state index in [4.69, 9.17) is 23.2 Å².